The van der Waals surface area contributed by atoms with Gasteiger partial charge in [-0.25, -0.2) is 0 Å². The normalized spacial score (nSPS) is 11.2. The molecule has 0 aliphatic heterocycles. The molecule has 0 heterocycles. The Bertz CT molecular complexity index is 421. The molecule has 0 aliphatic carbocycles. The Labute approximate surface area is 107 Å². The van der Waals surface area contributed by atoms with Crippen molar-refractivity contribution in [1.82, 2.24) is 9.80 Å². The molecular formula is C12H20N4O2. The molecule has 0 aromatic heterocycles. The van der Waals surface area contributed by atoms with Crippen LogP contribution in [0.25, 0.3) is 0 Å². The molecule has 18 heavy (non-hydrogen) atoms. The van der Waals surface area contributed by atoms with Crippen molar-refractivity contribution in [3.63, 3.8) is 0 Å². The molecule has 0 aliphatic rings. The lowest BCUT2D eigenvalue weighted by Crippen LogP contribution is -2.28. The van der Waals surface area contributed by atoms with Crippen molar-refractivity contribution in [3.05, 3.63) is 33.9 Å². The quantitative estimate of drug-likeness (QED) is 0.467. The monoisotopic (exact) mass is 252 g/mol. The van der Waals surface area contributed by atoms with Crippen LogP contribution in [0.1, 0.15) is 5.56 Å². The first-order valence-electron chi connectivity index (χ1n) is 5.76. The highest BCUT2D eigenvalue weighted by Gasteiger charge is 2.12. The van der Waals surface area contributed by atoms with E-state index in [1.54, 1.807) is 12.1 Å². The zero-order chi connectivity index (χ0) is 13.7. The fourth-order valence-corrected chi connectivity index (χ4v) is 1.61. The van der Waals surface area contributed by atoms with Gasteiger partial charge in [-0.3, -0.25) is 10.1 Å². The smallest absolute Gasteiger partial charge is 0.292 e. The molecule has 1 rings (SSSR count). The van der Waals surface area contributed by atoms with Gasteiger partial charge in [0.05, 0.1) is 4.92 Å². The average Bonchev–Trinajstić information content (AvgIpc) is 2.28. The molecule has 0 fully saturated rings. The zero-order valence-electron chi connectivity index (χ0n) is 11.1. The molecule has 2 N–H and O–H groups in total. The molecule has 0 spiro atoms. The van der Waals surface area contributed by atoms with Gasteiger partial charge in [-0.1, -0.05) is 6.07 Å². The van der Waals surface area contributed by atoms with Crippen molar-refractivity contribution in [1.29, 1.82) is 0 Å². The maximum Gasteiger partial charge on any atom is 0.292 e. The average molecular weight is 252 g/mol. The number of hydrogen-bond donors (Lipinski definition) is 1. The van der Waals surface area contributed by atoms with Crippen LogP contribution in [0.15, 0.2) is 18.2 Å². The second kappa shape index (κ2) is 6.32. The summed E-state index contributed by atoms with van der Waals surface area (Å²) in [4.78, 5) is 14.6. The van der Waals surface area contributed by atoms with Crippen molar-refractivity contribution in [2.75, 3.05) is 40.0 Å². The van der Waals surface area contributed by atoms with E-state index in [2.05, 4.69) is 9.80 Å². The first-order valence-corrected chi connectivity index (χ1v) is 5.76. The Hall–Kier alpha value is -1.66. The molecule has 6 nitrogen and oxygen atoms in total. The number of nitro groups is 1. The minimum Gasteiger partial charge on any atom is -0.393 e. The van der Waals surface area contributed by atoms with Gasteiger partial charge in [0.2, 0.25) is 0 Å². The Morgan fingerprint density at radius 1 is 1.28 bits per heavy atom. The topological polar surface area (TPSA) is 75.6 Å². The summed E-state index contributed by atoms with van der Waals surface area (Å²) >= 11 is 0. The molecule has 1 aromatic rings. The molecule has 6 heteroatoms. The number of nitro benzene ring substituents is 1. The standard InChI is InChI=1S/C12H20N4O2/c1-14(2)6-7-15(3)9-10-4-5-11(13)12(8-10)16(17)18/h4-5,8H,6-7,9,13H2,1-3H3. The number of likely N-dealkylation sites (N-methyl/N-ethyl adjacent to an activating group) is 2. The summed E-state index contributed by atoms with van der Waals surface area (Å²) in [5.41, 5.74) is 6.65. The van der Waals surface area contributed by atoms with Crippen LogP contribution >= 0.6 is 0 Å². The van der Waals surface area contributed by atoms with Crippen LogP contribution in [-0.4, -0.2) is 49.0 Å². The number of nitrogens with zero attached hydrogens (tertiary/aromatic N) is 3. The predicted molar refractivity (Wildman–Crippen MR) is 72.4 cm³/mol. The fraction of sp³-hybridized carbons (Fsp3) is 0.500. The summed E-state index contributed by atoms with van der Waals surface area (Å²) in [6, 6.07) is 4.96. The Morgan fingerprint density at radius 2 is 1.94 bits per heavy atom. The second-order valence-electron chi connectivity index (χ2n) is 4.69. The summed E-state index contributed by atoms with van der Waals surface area (Å²) in [6.07, 6.45) is 0. The molecule has 0 unspecified atom stereocenters. The largest absolute Gasteiger partial charge is 0.393 e. The van der Waals surface area contributed by atoms with Gasteiger partial charge >= 0.3 is 0 Å². The van der Waals surface area contributed by atoms with Crippen molar-refractivity contribution >= 4 is 11.4 Å². The number of nitrogen functional groups attached to an aromatic ring is 1. The van der Waals surface area contributed by atoms with Crippen LogP contribution in [0.5, 0.6) is 0 Å². The highest BCUT2D eigenvalue weighted by molar-refractivity contribution is 5.59. The maximum absolute atomic E-state index is 10.8. The zero-order valence-corrected chi connectivity index (χ0v) is 11.1. The molecule has 0 radical (unpaired) electrons. The molecule has 1 aromatic carbocycles. The number of rotatable bonds is 6. The van der Waals surface area contributed by atoms with E-state index in [1.165, 1.54) is 0 Å². The first kappa shape index (κ1) is 14.4. The highest BCUT2D eigenvalue weighted by Crippen LogP contribution is 2.22. The third-order valence-electron chi connectivity index (χ3n) is 2.67. The molecule has 0 saturated carbocycles. The first-order chi connectivity index (χ1) is 8.40. The van der Waals surface area contributed by atoms with Crippen molar-refractivity contribution < 1.29 is 4.92 Å². The van der Waals surface area contributed by atoms with E-state index in [0.717, 1.165) is 18.7 Å². The number of nitrogens with two attached hydrogens (primary N) is 1. The third-order valence-corrected chi connectivity index (χ3v) is 2.67. The third kappa shape index (κ3) is 4.31. The van der Waals surface area contributed by atoms with Gasteiger partial charge in [-0.05, 0) is 32.8 Å². The van der Waals surface area contributed by atoms with E-state index in [4.69, 9.17) is 5.73 Å². The lowest BCUT2D eigenvalue weighted by atomic mass is 10.1. The van der Waals surface area contributed by atoms with Gasteiger partial charge in [0.15, 0.2) is 0 Å². The molecule has 0 saturated heterocycles. The predicted octanol–water partition coefficient (Wildman–Crippen LogP) is 1.17. The Balaban J connectivity index is 2.67. The van der Waals surface area contributed by atoms with Gasteiger partial charge in [-0.15, -0.1) is 0 Å². The summed E-state index contributed by atoms with van der Waals surface area (Å²) < 4.78 is 0. The van der Waals surface area contributed by atoms with Crippen LogP contribution in [0, 0.1) is 10.1 Å². The summed E-state index contributed by atoms with van der Waals surface area (Å²) in [5, 5.41) is 10.8. The van der Waals surface area contributed by atoms with E-state index in [9.17, 15) is 10.1 Å². The van der Waals surface area contributed by atoms with Crippen LogP contribution in [-0.2, 0) is 6.54 Å². The van der Waals surface area contributed by atoms with Crippen molar-refractivity contribution in [2.45, 2.75) is 6.54 Å². The summed E-state index contributed by atoms with van der Waals surface area (Å²) in [6.45, 7) is 2.54. The highest BCUT2D eigenvalue weighted by atomic mass is 16.6. The minimum absolute atomic E-state index is 0.0199. The van der Waals surface area contributed by atoms with Crippen molar-refractivity contribution in [3.8, 4) is 0 Å². The SMILES string of the molecule is CN(C)CCN(C)Cc1ccc(N)c([N+](=O)[O-])c1. The van der Waals surface area contributed by atoms with E-state index in [-0.39, 0.29) is 11.4 Å². The molecular weight excluding hydrogens is 232 g/mol. The van der Waals surface area contributed by atoms with E-state index < -0.39 is 4.92 Å². The molecule has 100 valence electrons. The number of hydrogen-bond acceptors (Lipinski definition) is 5. The van der Waals surface area contributed by atoms with Crippen LogP contribution in [0.2, 0.25) is 0 Å². The van der Waals surface area contributed by atoms with E-state index in [0.29, 0.717) is 6.54 Å². The van der Waals surface area contributed by atoms with Crippen LogP contribution in [0.4, 0.5) is 11.4 Å². The summed E-state index contributed by atoms with van der Waals surface area (Å²) in [5.74, 6) is 0. The van der Waals surface area contributed by atoms with Gasteiger partial charge in [0.25, 0.3) is 5.69 Å². The van der Waals surface area contributed by atoms with Crippen molar-refractivity contribution in [2.24, 2.45) is 0 Å². The maximum atomic E-state index is 10.8. The lowest BCUT2D eigenvalue weighted by molar-refractivity contribution is -0.384. The van der Waals surface area contributed by atoms with Gasteiger partial charge in [0, 0.05) is 25.7 Å². The number of benzene rings is 1. The second-order valence-corrected chi connectivity index (χ2v) is 4.69. The minimum atomic E-state index is -0.446. The molecule has 0 amide bonds. The van der Waals surface area contributed by atoms with Crippen LogP contribution in [0.3, 0.4) is 0 Å². The summed E-state index contributed by atoms with van der Waals surface area (Å²) in [7, 11) is 6.02. The van der Waals surface area contributed by atoms with Gasteiger partial charge in [-0.2, -0.15) is 0 Å². The van der Waals surface area contributed by atoms with Gasteiger partial charge in [0.1, 0.15) is 5.69 Å². The lowest BCUT2D eigenvalue weighted by Gasteiger charge is -2.19. The fourth-order valence-electron chi connectivity index (χ4n) is 1.61. The Kier molecular flexibility index (Phi) is 5.06. The number of anilines is 1. The molecule has 0 bridgehead atoms. The molecule has 0 atom stereocenters. The Morgan fingerprint density at radius 3 is 2.50 bits per heavy atom. The van der Waals surface area contributed by atoms with E-state index >= 15 is 0 Å². The van der Waals surface area contributed by atoms with Gasteiger partial charge < -0.3 is 15.5 Å². The van der Waals surface area contributed by atoms with E-state index in [1.807, 2.05) is 27.2 Å². The van der Waals surface area contributed by atoms with Crippen LogP contribution < -0.4 is 5.73 Å².